The number of halogens is 1. The molecule has 128 valence electrons. The maximum atomic E-state index is 13.7. The van der Waals surface area contributed by atoms with Gasteiger partial charge in [-0.15, -0.1) is 6.58 Å². The standard InChI is InChI=1S/C19H23FN2O2/c1-2-13-22-17(23)9-12-19(22)10-7-14(8-11-19)21-18(24)15-5-3-4-6-16(15)20/h2-6,14H,1,7-13H2,(H,21,24). The van der Waals surface area contributed by atoms with Gasteiger partial charge in [0, 0.05) is 24.5 Å². The summed E-state index contributed by atoms with van der Waals surface area (Å²) in [6.45, 7) is 4.33. The summed E-state index contributed by atoms with van der Waals surface area (Å²) in [6, 6.07) is 6.05. The van der Waals surface area contributed by atoms with Crippen LogP contribution in [-0.4, -0.2) is 34.8 Å². The van der Waals surface area contributed by atoms with Crippen LogP contribution in [0.5, 0.6) is 0 Å². The zero-order valence-corrected chi connectivity index (χ0v) is 13.8. The molecule has 1 spiro atoms. The minimum Gasteiger partial charge on any atom is -0.349 e. The Morgan fingerprint density at radius 3 is 2.71 bits per heavy atom. The third kappa shape index (κ3) is 3.07. The molecule has 5 heteroatoms. The molecule has 0 aromatic heterocycles. The van der Waals surface area contributed by atoms with Crippen LogP contribution in [-0.2, 0) is 4.79 Å². The average molecular weight is 330 g/mol. The van der Waals surface area contributed by atoms with Gasteiger partial charge in [0.05, 0.1) is 5.56 Å². The molecule has 4 nitrogen and oxygen atoms in total. The zero-order valence-electron chi connectivity index (χ0n) is 13.8. The highest BCUT2D eigenvalue weighted by molar-refractivity contribution is 5.94. The molecule has 1 aliphatic heterocycles. The number of carbonyl (C=O) groups excluding carboxylic acids is 2. The summed E-state index contributed by atoms with van der Waals surface area (Å²) in [5.41, 5.74) is 0.00642. The van der Waals surface area contributed by atoms with Crippen LogP contribution in [0.1, 0.15) is 48.9 Å². The first-order valence-corrected chi connectivity index (χ1v) is 8.52. The fourth-order valence-corrected chi connectivity index (χ4v) is 4.03. The van der Waals surface area contributed by atoms with E-state index in [-0.39, 0.29) is 29.0 Å². The van der Waals surface area contributed by atoms with Gasteiger partial charge in [0.2, 0.25) is 5.91 Å². The third-order valence-corrected chi connectivity index (χ3v) is 5.36. The Kier molecular flexibility index (Phi) is 4.69. The second-order valence-corrected chi connectivity index (χ2v) is 6.74. The Balaban J connectivity index is 1.61. The Bertz CT molecular complexity index is 651. The van der Waals surface area contributed by atoms with Crippen LogP contribution in [0.15, 0.2) is 36.9 Å². The van der Waals surface area contributed by atoms with Gasteiger partial charge in [-0.1, -0.05) is 18.2 Å². The van der Waals surface area contributed by atoms with E-state index in [2.05, 4.69) is 11.9 Å². The molecule has 2 fully saturated rings. The minimum absolute atomic E-state index is 0.0315. The van der Waals surface area contributed by atoms with Crippen LogP contribution in [0.3, 0.4) is 0 Å². The van der Waals surface area contributed by atoms with Crippen LogP contribution in [0.4, 0.5) is 4.39 Å². The van der Waals surface area contributed by atoms with Crippen molar-refractivity contribution in [3.63, 3.8) is 0 Å². The van der Waals surface area contributed by atoms with Gasteiger partial charge in [-0.3, -0.25) is 9.59 Å². The lowest BCUT2D eigenvalue weighted by molar-refractivity contribution is -0.131. The average Bonchev–Trinajstić information content (AvgIpc) is 2.87. The van der Waals surface area contributed by atoms with Crippen molar-refractivity contribution in [3.05, 3.63) is 48.3 Å². The number of amides is 2. The first kappa shape index (κ1) is 16.7. The van der Waals surface area contributed by atoms with Crippen molar-refractivity contribution in [1.82, 2.24) is 10.2 Å². The van der Waals surface area contributed by atoms with Crippen molar-refractivity contribution in [2.45, 2.75) is 50.1 Å². The van der Waals surface area contributed by atoms with Gasteiger partial charge >= 0.3 is 0 Å². The van der Waals surface area contributed by atoms with Crippen LogP contribution >= 0.6 is 0 Å². The van der Waals surface area contributed by atoms with Gasteiger partial charge in [0.25, 0.3) is 5.91 Å². The van der Waals surface area contributed by atoms with Crippen molar-refractivity contribution in [2.75, 3.05) is 6.54 Å². The number of benzene rings is 1. The van der Waals surface area contributed by atoms with Crippen LogP contribution in [0.2, 0.25) is 0 Å². The molecule has 0 atom stereocenters. The monoisotopic (exact) mass is 330 g/mol. The molecule has 1 aromatic rings. The molecule has 0 bridgehead atoms. The maximum absolute atomic E-state index is 13.7. The Hall–Kier alpha value is -2.17. The molecule has 0 radical (unpaired) electrons. The first-order chi connectivity index (χ1) is 11.6. The van der Waals surface area contributed by atoms with Crippen LogP contribution in [0, 0.1) is 5.82 Å². The van der Waals surface area contributed by atoms with Gasteiger partial charge in [-0.05, 0) is 44.2 Å². The van der Waals surface area contributed by atoms with Gasteiger partial charge in [0.15, 0.2) is 0 Å². The van der Waals surface area contributed by atoms with Crippen LogP contribution < -0.4 is 5.32 Å². The lowest BCUT2D eigenvalue weighted by Gasteiger charge is -2.43. The van der Waals surface area contributed by atoms with Crippen molar-refractivity contribution in [1.29, 1.82) is 0 Å². The number of hydrogen-bond acceptors (Lipinski definition) is 2. The van der Waals surface area contributed by atoms with E-state index in [9.17, 15) is 14.0 Å². The highest BCUT2D eigenvalue weighted by atomic mass is 19.1. The normalized spacial score (nSPS) is 26.6. The van der Waals surface area contributed by atoms with E-state index in [1.807, 2.05) is 4.90 Å². The Morgan fingerprint density at radius 2 is 2.04 bits per heavy atom. The molecule has 3 rings (SSSR count). The highest BCUT2D eigenvalue weighted by Crippen LogP contribution is 2.42. The molecular formula is C19H23FN2O2. The summed E-state index contributed by atoms with van der Waals surface area (Å²) >= 11 is 0. The number of nitrogens with one attached hydrogen (secondary N) is 1. The molecule has 1 aliphatic carbocycles. The number of rotatable bonds is 4. The van der Waals surface area contributed by atoms with Gasteiger partial charge < -0.3 is 10.2 Å². The van der Waals surface area contributed by atoms with Gasteiger partial charge in [0.1, 0.15) is 5.82 Å². The van der Waals surface area contributed by atoms with E-state index < -0.39 is 5.82 Å². The lowest BCUT2D eigenvalue weighted by Crippen LogP contribution is -2.51. The Labute approximate surface area is 141 Å². The minimum atomic E-state index is -0.499. The Morgan fingerprint density at radius 1 is 1.33 bits per heavy atom. The topological polar surface area (TPSA) is 49.4 Å². The summed E-state index contributed by atoms with van der Waals surface area (Å²) in [4.78, 5) is 26.3. The first-order valence-electron chi connectivity index (χ1n) is 8.52. The van der Waals surface area contributed by atoms with Crippen molar-refractivity contribution in [3.8, 4) is 0 Å². The van der Waals surface area contributed by atoms with E-state index in [4.69, 9.17) is 0 Å². The summed E-state index contributed by atoms with van der Waals surface area (Å²) in [6.07, 6.45) is 6.61. The molecule has 24 heavy (non-hydrogen) atoms. The smallest absolute Gasteiger partial charge is 0.254 e. The fourth-order valence-electron chi connectivity index (χ4n) is 4.03. The second-order valence-electron chi connectivity index (χ2n) is 6.74. The molecule has 1 N–H and O–H groups in total. The molecule has 2 aliphatic rings. The largest absolute Gasteiger partial charge is 0.349 e. The van der Waals surface area contributed by atoms with Crippen molar-refractivity contribution >= 4 is 11.8 Å². The molecule has 0 unspecified atom stereocenters. The number of hydrogen-bond donors (Lipinski definition) is 1. The summed E-state index contributed by atoms with van der Waals surface area (Å²) in [7, 11) is 0. The molecular weight excluding hydrogens is 307 g/mol. The van der Waals surface area contributed by atoms with E-state index in [1.54, 1.807) is 18.2 Å². The molecule has 1 aromatic carbocycles. The number of carbonyl (C=O) groups is 2. The quantitative estimate of drug-likeness (QED) is 0.863. The summed E-state index contributed by atoms with van der Waals surface area (Å²) in [5.74, 6) is -0.663. The van der Waals surface area contributed by atoms with Crippen molar-refractivity contribution < 1.29 is 14.0 Å². The van der Waals surface area contributed by atoms with Crippen molar-refractivity contribution in [2.24, 2.45) is 0 Å². The van der Waals surface area contributed by atoms with E-state index in [1.165, 1.54) is 12.1 Å². The third-order valence-electron chi connectivity index (χ3n) is 5.36. The number of likely N-dealkylation sites (tertiary alicyclic amines) is 1. The van der Waals surface area contributed by atoms with Gasteiger partial charge in [-0.25, -0.2) is 4.39 Å². The molecule has 2 amide bonds. The van der Waals surface area contributed by atoms with E-state index in [0.29, 0.717) is 13.0 Å². The predicted molar refractivity (Wildman–Crippen MR) is 90.0 cm³/mol. The van der Waals surface area contributed by atoms with Crippen LogP contribution in [0.25, 0.3) is 0 Å². The summed E-state index contributed by atoms with van der Waals surface area (Å²) in [5, 5.41) is 2.94. The van der Waals surface area contributed by atoms with Gasteiger partial charge in [-0.2, -0.15) is 0 Å². The SMILES string of the molecule is C=CCN1C(=O)CCC12CCC(NC(=O)c1ccccc1F)CC2. The fraction of sp³-hybridized carbons (Fsp3) is 0.474. The lowest BCUT2D eigenvalue weighted by atomic mass is 9.77. The summed E-state index contributed by atoms with van der Waals surface area (Å²) < 4.78 is 13.7. The molecule has 1 heterocycles. The predicted octanol–water partition coefficient (Wildman–Crippen LogP) is 3.05. The number of nitrogens with zero attached hydrogens (tertiary/aromatic N) is 1. The maximum Gasteiger partial charge on any atom is 0.254 e. The van der Waals surface area contributed by atoms with E-state index in [0.717, 1.165) is 32.1 Å². The highest BCUT2D eigenvalue weighted by Gasteiger charge is 2.46. The molecule has 1 saturated carbocycles. The molecule has 1 saturated heterocycles. The zero-order chi connectivity index (χ0) is 17.2. The van der Waals surface area contributed by atoms with E-state index >= 15 is 0 Å². The second kappa shape index (κ2) is 6.75.